The van der Waals surface area contributed by atoms with E-state index >= 15 is 0 Å². The summed E-state index contributed by atoms with van der Waals surface area (Å²) < 4.78 is 0.625. The van der Waals surface area contributed by atoms with E-state index in [0.29, 0.717) is 19.8 Å². The molecule has 0 bridgehead atoms. The Hall–Kier alpha value is -1.86. The monoisotopic (exact) mass is 380 g/mol. The van der Waals surface area contributed by atoms with Crippen LogP contribution in [0.4, 0.5) is 5.69 Å². The summed E-state index contributed by atoms with van der Waals surface area (Å²) in [5.74, 6) is -0.551. The number of primary amides is 1. The van der Waals surface area contributed by atoms with E-state index in [-0.39, 0.29) is 5.69 Å². The summed E-state index contributed by atoms with van der Waals surface area (Å²) in [6.07, 6.45) is 0. The smallest absolute Gasteiger partial charge is 0.284 e. The van der Waals surface area contributed by atoms with Gasteiger partial charge in [-0.3, -0.25) is 14.9 Å². The zero-order chi connectivity index (χ0) is 16.4. The van der Waals surface area contributed by atoms with E-state index in [1.54, 1.807) is 18.2 Å². The maximum atomic E-state index is 11.6. The van der Waals surface area contributed by atoms with Crippen LogP contribution < -0.4 is 5.73 Å². The number of hydrogen-bond donors (Lipinski definition) is 1. The minimum Gasteiger partial charge on any atom is -0.366 e. The summed E-state index contributed by atoms with van der Waals surface area (Å²) in [5, 5.41) is 11.2. The lowest BCUT2D eigenvalue weighted by molar-refractivity contribution is -0.387. The molecule has 0 radical (unpaired) electrons. The van der Waals surface area contributed by atoms with Crippen molar-refractivity contribution in [3.05, 3.63) is 61.6 Å². The molecular weight excluding hydrogens is 368 g/mol. The fourth-order valence-corrected chi connectivity index (χ4v) is 3.48. The molecule has 0 aliphatic heterocycles. The Morgan fingerprint density at radius 1 is 1.27 bits per heavy atom. The highest BCUT2D eigenvalue weighted by atomic mass is 79.9. The predicted molar refractivity (Wildman–Crippen MR) is 89.4 cm³/mol. The van der Waals surface area contributed by atoms with Gasteiger partial charge in [0.25, 0.3) is 5.69 Å². The van der Waals surface area contributed by atoms with E-state index in [1.807, 2.05) is 19.9 Å². The normalized spacial score (nSPS) is 10.5. The molecule has 114 valence electrons. The van der Waals surface area contributed by atoms with E-state index in [0.717, 1.165) is 11.1 Å². The molecule has 0 unspecified atom stereocenters. The Kier molecular flexibility index (Phi) is 4.87. The molecular formula is C15H13BrN2O3S. The Bertz CT molecular complexity index is 778. The zero-order valence-corrected chi connectivity index (χ0v) is 14.3. The highest BCUT2D eigenvalue weighted by molar-refractivity contribution is 9.10. The van der Waals surface area contributed by atoms with Crippen LogP contribution in [0, 0.1) is 24.0 Å². The average molecular weight is 381 g/mol. The second-order valence-electron chi connectivity index (χ2n) is 4.72. The number of nitrogens with zero attached hydrogens (tertiary/aromatic N) is 1. The van der Waals surface area contributed by atoms with Crippen LogP contribution in [-0.4, -0.2) is 10.8 Å². The summed E-state index contributed by atoms with van der Waals surface area (Å²) in [6.45, 7) is 3.79. The van der Waals surface area contributed by atoms with Crippen LogP contribution >= 0.6 is 27.7 Å². The molecule has 0 saturated carbocycles. The third-order valence-corrected chi connectivity index (χ3v) is 5.06. The van der Waals surface area contributed by atoms with Gasteiger partial charge in [-0.2, -0.15) is 0 Å². The molecule has 2 N–H and O–H groups in total. The lowest BCUT2D eigenvalue weighted by Gasteiger charge is -2.12. The van der Waals surface area contributed by atoms with Gasteiger partial charge >= 0.3 is 0 Å². The Labute approximate surface area is 140 Å². The van der Waals surface area contributed by atoms with Gasteiger partial charge in [0.2, 0.25) is 5.91 Å². The minimum atomic E-state index is -0.551. The van der Waals surface area contributed by atoms with Crippen molar-refractivity contribution in [3.63, 3.8) is 0 Å². The number of carbonyl (C=O) groups is 1. The predicted octanol–water partition coefficient (Wildman–Crippen LogP) is 4.22. The van der Waals surface area contributed by atoms with Gasteiger partial charge in [0.15, 0.2) is 0 Å². The number of halogens is 1. The molecule has 0 aliphatic rings. The molecule has 5 nitrogen and oxygen atoms in total. The summed E-state index contributed by atoms with van der Waals surface area (Å²) in [5.41, 5.74) is 7.64. The quantitative estimate of drug-likeness (QED) is 0.635. The van der Waals surface area contributed by atoms with Gasteiger partial charge in [0.1, 0.15) is 0 Å². The first-order chi connectivity index (χ1) is 10.3. The first-order valence-electron chi connectivity index (χ1n) is 6.33. The minimum absolute atomic E-state index is 0.0179. The maximum Gasteiger partial charge on any atom is 0.284 e. The molecule has 0 heterocycles. The molecule has 1 amide bonds. The number of nitro groups is 1. The van der Waals surface area contributed by atoms with Gasteiger partial charge in [0, 0.05) is 15.4 Å². The molecule has 2 aromatic carbocycles. The highest BCUT2D eigenvalue weighted by Crippen LogP contribution is 2.40. The number of rotatable bonds is 4. The van der Waals surface area contributed by atoms with Gasteiger partial charge in [-0.1, -0.05) is 33.8 Å². The SMILES string of the molecule is Cc1ccc(C(N)=O)c(Sc2ccc(Br)cc2[N+](=O)[O-])c1C. The van der Waals surface area contributed by atoms with Crippen molar-refractivity contribution in [1.82, 2.24) is 0 Å². The second kappa shape index (κ2) is 6.50. The van der Waals surface area contributed by atoms with E-state index < -0.39 is 10.8 Å². The second-order valence-corrected chi connectivity index (χ2v) is 6.69. The van der Waals surface area contributed by atoms with Crippen LogP contribution in [0.15, 0.2) is 44.6 Å². The molecule has 0 aliphatic carbocycles. The van der Waals surface area contributed by atoms with Crippen LogP contribution in [-0.2, 0) is 0 Å². The van der Waals surface area contributed by atoms with Crippen molar-refractivity contribution < 1.29 is 9.72 Å². The average Bonchev–Trinajstić information content (AvgIpc) is 2.45. The van der Waals surface area contributed by atoms with Crippen molar-refractivity contribution in [2.75, 3.05) is 0 Å². The van der Waals surface area contributed by atoms with Gasteiger partial charge in [-0.25, -0.2) is 0 Å². The summed E-state index contributed by atoms with van der Waals surface area (Å²) in [6, 6.07) is 8.29. The Morgan fingerprint density at radius 2 is 1.95 bits per heavy atom. The third-order valence-electron chi connectivity index (χ3n) is 3.27. The fraction of sp³-hybridized carbons (Fsp3) is 0.133. The topological polar surface area (TPSA) is 86.2 Å². The molecule has 0 aromatic heterocycles. The molecule has 22 heavy (non-hydrogen) atoms. The van der Waals surface area contributed by atoms with Crippen LogP contribution in [0.25, 0.3) is 0 Å². The van der Waals surface area contributed by atoms with E-state index in [9.17, 15) is 14.9 Å². The molecule has 2 rings (SSSR count). The lowest BCUT2D eigenvalue weighted by atomic mass is 10.1. The van der Waals surface area contributed by atoms with E-state index in [4.69, 9.17) is 5.73 Å². The summed E-state index contributed by atoms with van der Waals surface area (Å²) in [7, 11) is 0. The van der Waals surface area contributed by atoms with Crippen LogP contribution in [0.1, 0.15) is 21.5 Å². The van der Waals surface area contributed by atoms with Gasteiger partial charge in [-0.15, -0.1) is 0 Å². The third kappa shape index (κ3) is 3.31. The molecule has 0 spiro atoms. The van der Waals surface area contributed by atoms with Crippen LogP contribution in [0.2, 0.25) is 0 Å². The molecule has 2 aromatic rings. The fourth-order valence-electron chi connectivity index (χ4n) is 1.95. The van der Waals surface area contributed by atoms with Crippen LogP contribution in [0.3, 0.4) is 0 Å². The van der Waals surface area contributed by atoms with Gasteiger partial charge in [-0.05, 0) is 43.2 Å². The number of carbonyl (C=O) groups excluding carboxylic acids is 1. The van der Waals surface area contributed by atoms with Crippen molar-refractivity contribution in [2.45, 2.75) is 23.6 Å². The van der Waals surface area contributed by atoms with Gasteiger partial charge < -0.3 is 5.73 Å². The summed E-state index contributed by atoms with van der Waals surface area (Å²) in [4.78, 5) is 23.5. The standard InChI is InChI=1S/C15H13BrN2O3S/c1-8-3-5-11(15(17)19)14(9(8)2)22-13-6-4-10(16)7-12(13)18(20)21/h3-7H,1-2H3,(H2,17,19). The van der Waals surface area contributed by atoms with Crippen molar-refractivity contribution in [3.8, 4) is 0 Å². The number of benzene rings is 2. The van der Waals surface area contributed by atoms with Crippen molar-refractivity contribution in [1.29, 1.82) is 0 Å². The molecule has 0 fully saturated rings. The van der Waals surface area contributed by atoms with Gasteiger partial charge in [0.05, 0.1) is 15.4 Å². The van der Waals surface area contributed by atoms with Crippen molar-refractivity contribution >= 4 is 39.3 Å². The van der Waals surface area contributed by atoms with E-state index in [2.05, 4.69) is 15.9 Å². The highest BCUT2D eigenvalue weighted by Gasteiger charge is 2.20. The molecule has 7 heteroatoms. The van der Waals surface area contributed by atoms with Crippen molar-refractivity contribution in [2.24, 2.45) is 5.73 Å². The van der Waals surface area contributed by atoms with E-state index in [1.165, 1.54) is 17.8 Å². The maximum absolute atomic E-state index is 11.6. The molecule has 0 saturated heterocycles. The number of nitrogens with two attached hydrogens (primary N) is 1. The van der Waals surface area contributed by atoms with Crippen LogP contribution in [0.5, 0.6) is 0 Å². The lowest BCUT2D eigenvalue weighted by Crippen LogP contribution is -2.13. The summed E-state index contributed by atoms with van der Waals surface area (Å²) >= 11 is 4.41. The molecule has 0 atom stereocenters. The number of nitro benzene ring substituents is 1. The number of amides is 1. The largest absolute Gasteiger partial charge is 0.366 e. The first kappa shape index (κ1) is 16.5. The Morgan fingerprint density at radius 3 is 2.55 bits per heavy atom. The Balaban J connectivity index is 2.59. The first-order valence-corrected chi connectivity index (χ1v) is 7.94. The number of aryl methyl sites for hydroxylation is 1. The number of hydrogen-bond acceptors (Lipinski definition) is 4. The zero-order valence-electron chi connectivity index (χ0n) is 11.9.